The Morgan fingerprint density at radius 1 is 1.10 bits per heavy atom. The zero-order valence-electron chi connectivity index (χ0n) is 11.4. The summed E-state index contributed by atoms with van der Waals surface area (Å²) in [5, 5.41) is 11.2. The third-order valence-electron chi connectivity index (χ3n) is 4.54. The van der Waals surface area contributed by atoms with Gasteiger partial charge in [0.05, 0.1) is 0 Å². The number of hydrogen-bond acceptors (Lipinski definition) is 3. The van der Waals surface area contributed by atoms with Gasteiger partial charge in [0, 0.05) is 30.0 Å². The molecule has 20 heavy (non-hydrogen) atoms. The van der Waals surface area contributed by atoms with E-state index in [0.717, 1.165) is 24.9 Å². The zero-order chi connectivity index (χ0) is 14.1. The molecule has 1 aliphatic carbocycles. The van der Waals surface area contributed by atoms with E-state index in [0.29, 0.717) is 19.4 Å². The van der Waals surface area contributed by atoms with Gasteiger partial charge < -0.3 is 14.8 Å². The highest BCUT2D eigenvalue weighted by Gasteiger charge is 2.36. The number of benzene rings is 1. The Labute approximate surface area is 118 Å². The van der Waals surface area contributed by atoms with E-state index in [9.17, 15) is 14.7 Å². The second-order valence-corrected chi connectivity index (χ2v) is 5.69. The van der Waals surface area contributed by atoms with Crippen LogP contribution < -0.4 is 10.0 Å². The lowest BCUT2D eigenvalue weighted by Crippen LogP contribution is -2.45. The summed E-state index contributed by atoms with van der Waals surface area (Å²) in [6.45, 7) is 0.661. The highest BCUT2D eigenvalue weighted by Crippen LogP contribution is 2.35. The Morgan fingerprint density at radius 2 is 1.80 bits per heavy atom. The maximum Gasteiger partial charge on any atom is 0.230 e. The van der Waals surface area contributed by atoms with Crippen molar-refractivity contribution in [3.8, 4) is 0 Å². The average Bonchev–Trinajstić information content (AvgIpc) is 2.90. The summed E-state index contributed by atoms with van der Waals surface area (Å²) < 4.78 is 0. The maximum absolute atomic E-state index is 12.7. The Hall–Kier alpha value is -1.84. The van der Waals surface area contributed by atoms with Gasteiger partial charge in [-0.1, -0.05) is 31.0 Å². The first-order valence-corrected chi connectivity index (χ1v) is 7.28. The monoisotopic (exact) mass is 272 g/mol. The second kappa shape index (κ2) is 5.27. The van der Waals surface area contributed by atoms with Gasteiger partial charge in [0.1, 0.15) is 0 Å². The molecule has 1 saturated carbocycles. The molecule has 4 heteroatoms. The maximum atomic E-state index is 12.7. The highest BCUT2D eigenvalue weighted by atomic mass is 16.4. The van der Waals surface area contributed by atoms with Gasteiger partial charge in [-0.2, -0.15) is 0 Å². The molecule has 0 aromatic heterocycles. The second-order valence-electron chi connectivity index (χ2n) is 5.69. The van der Waals surface area contributed by atoms with Crippen molar-refractivity contribution in [3.63, 3.8) is 0 Å². The number of carboxylic acids is 1. The number of nitrogens with zero attached hydrogens (tertiary/aromatic N) is 1. The Bertz CT molecular complexity index is 540. The first kappa shape index (κ1) is 13.2. The molecule has 0 N–H and O–H groups in total. The number of amides is 1. The first-order valence-electron chi connectivity index (χ1n) is 7.28. The quantitative estimate of drug-likeness (QED) is 0.811. The van der Waals surface area contributed by atoms with Crippen molar-refractivity contribution >= 4 is 17.6 Å². The predicted octanol–water partition coefficient (Wildman–Crippen LogP) is 1.13. The van der Waals surface area contributed by atoms with Gasteiger partial charge in [-0.3, -0.25) is 4.79 Å². The number of carbonyl (C=O) groups is 2. The molecule has 0 saturated heterocycles. The largest absolute Gasteiger partial charge is 0.550 e. The molecule has 1 amide bonds. The van der Waals surface area contributed by atoms with E-state index < -0.39 is 17.8 Å². The molecular weight excluding hydrogens is 254 g/mol. The van der Waals surface area contributed by atoms with E-state index in [1.54, 1.807) is 4.90 Å². The first-order chi connectivity index (χ1) is 9.68. The molecule has 1 fully saturated rings. The van der Waals surface area contributed by atoms with Gasteiger partial charge in [-0.15, -0.1) is 0 Å². The topological polar surface area (TPSA) is 60.4 Å². The van der Waals surface area contributed by atoms with Gasteiger partial charge in [-0.25, -0.2) is 0 Å². The van der Waals surface area contributed by atoms with Crippen molar-refractivity contribution in [2.45, 2.75) is 32.1 Å². The van der Waals surface area contributed by atoms with Crippen molar-refractivity contribution in [2.75, 3.05) is 11.4 Å². The number of carboxylic acid groups (broad SMARTS) is 1. The molecule has 1 heterocycles. The number of para-hydroxylation sites is 1. The standard InChI is InChI=1S/C16H19NO3/c18-15(12-6-2-3-7-13(12)16(19)20)17-10-9-11-5-1-4-8-14(11)17/h1,4-5,8,12-13H,2-3,6-7,9-10H2,(H,19,20)/p-1. The average molecular weight is 272 g/mol. The number of fused-ring (bicyclic) bond motifs is 1. The molecule has 106 valence electrons. The number of carbonyl (C=O) groups excluding carboxylic acids is 2. The van der Waals surface area contributed by atoms with Crippen LogP contribution in [0.25, 0.3) is 0 Å². The molecule has 2 aliphatic rings. The summed E-state index contributed by atoms with van der Waals surface area (Å²) in [4.78, 5) is 25.7. The van der Waals surface area contributed by atoms with Crippen molar-refractivity contribution in [3.05, 3.63) is 29.8 Å². The van der Waals surface area contributed by atoms with Crippen molar-refractivity contribution in [1.29, 1.82) is 0 Å². The Balaban J connectivity index is 1.84. The molecule has 0 spiro atoms. The highest BCUT2D eigenvalue weighted by molar-refractivity contribution is 5.98. The molecule has 0 radical (unpaired) electrons. The predicted molar refractivity (Wildman–Crippen MR) is 73.0 cm³/mol. The van der Waals surface area contributed by atoms with Crippen molar-refractivity contribution < 1.29 is 14.7 Å². The van der Waals surface area contributed by atoms with Crippen LogP contribution in [0.2, 0.25) is 0 Å². The molecule has 1 aromatic carbocycles. The van der Waals surface area contributed by atoms with Gasteiger partial charge in [0.25, 0.3) is 0 Å². The molecule has 1 aliphatic heterocycles. The summed E-state index contributed by atoms with van der Waals surface area (Å²) in [6.07, 6.45) is 3.88. The lowest BCUT2D eigenvalue weighted by atomic mass is 9.78. The van der Waals surface area contributed by atoms with Crippen LogP contribution in [0.4, 0.5) is 5.69 Å². The normalized spacial score (nSPS) is 25.3. The van der Waals surface area contributed by atoms with Crippen LogP contribution >= 0.6 is 0 Å². The number of rotatable bonds is 2. The lowest BCUT2D eigenvalue weighted by Gasteiger charge is -2.34. The van der Waals surface area contributed by atoms with Crippen LogP contribution in [-0.4, -0.2) is 18.4 Å². The molecule has 3 rings (SSSR count). The van der Waals surface area contributed by atoms with Gasteiger partial charge >= 0.3 is 0 Å². The van der Waals surface area contributed by atoms with Gasteiger partial charge in [-0.05, 0) is 30.9 Å². The summed E-state index contributed by atoms with van der Waals surface area (Å²) in [5.74, 6) is -2.15. The summed E-state index contributed by atoms with van der Waals surface area (Å²) >= 11 is 0. The summed E-state index contributed by atoms with van der Waals surface area (Å²) in [6, 6.07) is 7.86. The Kier molecular flexibility index (Phi) is 3.47. The zero-order valence-corrected chi connectivity index (χ0v) is 11.4. The van der Waals surface area contributed by atoms with E-state index in [4.69, 9.17) is 0 Å². The van der Waals surface area contributed by atoms with E-state index in [-0.39, 0.29) is 5.91 Å². The summed E-state index contributed by atoms with van der Waals surface area (Å²) in [7, 11) is 0. The van der Waals surface area contributed by atoms with E-state index in [1.807, 2.05) is 24.3 Å². The van der Waals surface area contributed by atoms with E-state index >= 15 is 0 Å². The third-order valence-corrected chi connectivity index (χ3v) is 4.54. The Morgan fingerprint density at radius 3 is 2.55 bits per heavy atom. The van der Waals surface area contributed by atoms with Gasteiger partial charge in [0.2, 0.25) is 5.91 Å². The number of aliphatic carboxylic acids is 1. The van der Waals surface area contributed by atoms with E-state index in [1.165, 1.54) is 5.56 Å². The van der Waals surface area contributed by atoms with Crippen molar-refractivity contribution in [2.24, 2.45) is 11.8 Å². The smallest absolute Gasteiger partial charge is 0.230 e. The fourth-order valence-corrected chi connectivity index (χ4v) is 3.48. The van der Waals surface area contributed by atoms with Crippen molar-refractivity contribution in [1.82, 2.24) is 0 Å². The van der Waals surface area contributed by atoms with E-state index in [2.05, 4.69) is 0 Å². The fourth-order valence-electron chi connectivity index (χ4n) is 3.48. The molecule has 2 atom stereocenters. The molecule has 2 unspecified atom stereocenters. The summed E-state index contributed by atoms with van der Waals surface area (Å²) in [5.41, 5.74) is 2.11. The minimum absolute atomic E-state index is 0.0381. The van der Waals surface area contributed by atoms with Crippen LogP contribution in [0, 0.1) is 11.8 Å². The van der Waals surface area contributed by atoms with Crippen LogP contribution in [0.15, 0.2) is 24.3 Å². The number of anilines is 1. The van der Waals surface area contributed by atoms with Crippen LogP contribution in [0.5, 0.6) is 0 Å². The molecular formula is C16H18NO3-. The number of hydrogen-bond donors (Lipinski definition) is 0. The minimum atomic E-state index is -1.07. The molecule has 4 nitrogen and oxygen atoms in total. The molecule has 0 bridgehead atoms. The molecule has 1 aromatic rings. The lowest BCUT2D eigenvalue weighted by molar-refractivity contribution is -0.313. The third kappa shape index (κ3) is 2.19. The van der Waals surface area contributed by atoms with Crippen LogP contribution in [0.1, 0.15) is 31.2 Å². The minimum Gasteiger partial charge on any atom is -0.550 e. The van der Waals surface area contributed by atoms with Gasteiger partial charge in [0.15, 0.2) is 0 Å². The van der Waals surface area contributed by atoms with Crippen LogP contribution in [0.3, 0.4) is 0 Å². The fraction of sp³-hybridized carbons (Fsp3) is 0.500. The SMILES string of the molecule is O=C([O-])C1CCCCC1C(=O)N1CCc2ccccc21. The van der Waals surface area contributed by atoms with Crippen LogP contribution in [-0.2, 0) is 16.0 Å².